The van der Waals surface area contributed by atoms with Crippen LogP contribution in [0.4, 0.5) is 5.69 Å². The first kappa shape index (κ1) is 15.7. The van der Waals surface area contributed by atoms with E-state index in [4.69, 9.17) is 0 Å². The number of carbonyl (C=O) groups is 2. The molecular formula is C14H19BrN2O2. The summed E-state index contributed by atoms with van der Waals surface area (Å²) in [6.07, 6.45) is 0. The van der Waals surface area contributed by atoms with Crippen molar-refractivity contribution >= 4 is 33.4 Å². The molecule has 1 aromatic rings. The highest BCUT2D eigenvalue weighted by atomic mass is 79.9. The van der Waals surface area contributed by atoms with Crippen LogP contribution in [0.5, 0.6) is 0 Å². The van der Waals surface area contributed by atoms with Gasteiger partial charge in [0, 0.05) is 16.8 Å². The molecule has 0 aliphatic rings. The van der Waals surface area contributed by atoms with Crippen molar-refractivity contribution in [1.82, 2.24) is 5.32 Å². The zero-order valence-corrected chi connectivity index (χ0v) is 13.2. The fourth-order valence-corrected chi connectivity index (χ4v) is 1.47. The molecule has 2 N–H and O–H groups in total. The van der Waals surface area contributed by atoms with E-state index in [0.29, 0.717) is 11.3 Å². The number of alkyl halides is 1. The average molecular weight is 327 g/mol. The van der Waals surface area contributed by atoms with Gasteiger partial charge < -0.3 is 10.6 Å². The Labute approximate surface area is 122 Å². The molecule has 1 atom stereocenters. The van der Waals surface area contributed by atoms with Gasteiger partial charge >= 0.3 is 0 Å². The maximum atomic E-state index is 11.9. The van der Waals surface area contributed by atoms with Gasteiger partial charge in [-0.15, -0.1) is 0 Å². The van der Waals surface area contributed by atoms with Crippen molar-refractivity contribution in [2.75, 3.05) is 5.32 Å². The van der Waals surface area contributed by atoms with E-state index in [1.54, 1.807) is 31.2 Å². The van der Waals surface area contributed by atoms with Crippen molar-refractivity contribution in [3.05, 3.63) is 29.8 Å². The molecule has 0 aliphatic heterocycles. The molecule has 0 saturated heterocycles. The molecule has 0 spiro atoms. The molecule has 0 heterocycles. The predicted molar refractivity (Wildman–Crippen MR) is 80.7 cm³/mol. The minimum absolute atomic E-state index is 0.119. The summed E-state index contributed by atoms with van der Waals surface area (Å²) in [7, 11) is 0. The summed E-state index contributed by atoms with van der Waals surface area (Å²) in [5.74, 6) is -0.244. The number of anilines is 1. The van der Waals surface area contributed by atoms with Gasteiger partial charge in [-0.2, -0.15) is 0 Å². The number of halogens is 1. The van der Waals surface area contributed by atoms with Crippen molar-refractivity contribution < 1.29 is 9.59 Å². The Morgan fingerprint density at radius 2 is 1.68 bits per heavy atom. The van der Waals surface area contributed by atoms with E-state index in [1.165, 1.54) is 0 Å². The van der Waals surface area contributed by atoms with E-state index < -0.39 is 0 Å². The molecule has 2 amide bonds. The number of rotatable bonds is 3. The number of benzene rings is 1. The Bertz CT molecular complexity index is 461. The van der Waals surface area contributed by atoms with Crippen LogP contribution in [0.25, 0.3) is 0 Å². The molecule has 0 radical (unpaired) electrons. The fraction of sp³-hybridized carbons (Fsp3) is 0.429. The summed E-state index contributed by atoms with van der Waals surface area (Å²) in [5.41, 5.74) is 0.971. The van der Waals surface area contributed by atoms with E-state index in [-0.39, 0.29) is 22.2 Å². The van der Waals surface area contributed by atoms with E-state index in [9.17, 15) is 9.59 Å². The molecule has 0 bridgehead atoms. The van der Waals surface area contributed by atoms with Gasteiger partial charge in [-0.25, -0.2) is 0 Å². The van der Waals surface area contributed by atoms with Crippen LogP contribution < -0.4 is 10.6 Å². The molecule has 0 fully saturated rings. The average Bonchev–Trinajstić information content (AvgIpc) is 2.27. The zero-order chi connectivity index (χ0) is 14.6. The minimum Gasteiger partial charge on any atom is -0.347 e. The topological polar surface area (TPSA) is 58.2 Å². The van der Waals surface area contributed by atoms with Crippen LogP contribution in [0, 0.1) is 0 Å². The summed E-state index contributed by atoms with van der Waals surface area (Å²) in [6.45, 7) is 7.53. The molecular weight excluding hydrogens is 308 g/mol. The van der Waals surface area contributed by atoms with Gasteiger partial charge in [-0.1, -0.05) is 15.9 Å². The number of hydrogen-bond acceptors (Lipinski definition) is 2. The first-order chi connectivity index (χ1) is 8.69. The largest absolute Gasteiger partial charge is 0.347 e. The van der Waals surface area contributed by atoms with Crippen molar-refractivity contribution in [3.63, 3.8) is 0 Å². The van der Waals surface area contributed by atoms with Gasteiger partial charge in [0.05, 0.1) is 4.83 Å². The van der Waals surface area contributed by atoms with Crippen molar-refractivity contribution in [1.29, 1.82) is 0 Å². The molecule has 0 saturated carbocycles. The van der Waals surface area contributed by atoms with E-state index >= 15 is 0 Å². The van der Waals surface area contributed by atoms with E-state index in [0.717, 1.165) is 0 Å². The monoisotopic (exact) mass is 326 g/mol. The summed E-state index contributed by atoms with van der Waals surface area (Å²) in [6, 6.07) is 6.81. The lowest BCUT2D eigenvalue weighted by Gasteiger charge is -2.20. The Hall–Kier alpha value is -1.36. The van der Waals surface area contributed by atoms with E-state index in [1.807, 2.05) is 20.8 Å². The standard InChI is InChI=1S/C14H19BrN2O2/c1-9(15)12(18)16-11-7-5-10(6-8-11)13(19)17-14(2,3)4/h5-9H,1-4H3,(H,16,18)(H,17,19). The number of hydrogen-bond donors (Lipinski definition) is 2. The molecule has 1 unspecified atom stereocenters. The second kappa shape index (κ2) is 6.19. The Morgan fingerprint density at radius 3 is 2.11 bits per heavy atom. The minimum atomic E-state index is -0.268. The lowest BCUT2D eigenvalue weighted by molar-refractivity contribution is -0.115. The zero-order valence-electron chi connectivity index (χ0n) is 11.6. The molecule has 104 valence electrons. The van der Waals surface area contributed by atoms with Crippen LogP contribution in [-0.2, 0) is 4.79 Å². The van der Waals surface area contributed by atoms with Crippen LogP contribution in [0.3, 0.4) is 0 Å². The van der Waals surface area contributed by atoms with Crippen molar-refractivity contribution in [3.8, 4) is 0 Å². The smallest absolute Gasteiger partial charge is 0.251 e. The Morgan fingerprint density at radius 1 is 1.16 bits per heavy atom. The Kier molecular flexibility index (Phi) is 5.11. The molecule has 19 heavy (non-hydrogen) atoms. The maximum Gasteiger partial charge on any atom is 0.251 e. The SMILES string of the molecule is CC(Br)C(=O)Nc1ccc(C(=O)NC(C)(C)C)cc1. The number of carbonyl (C=O) groups excluding carboxylic acids is 2. The highest BCUT2D eigenvalue weighted by molar-refractivity contribution is 9.10. The van der Waals surface area contributed by atoms with Gasteiger partial charge in [0.15, 0.2) is 0 Å². The van der Waals surface area contributed by atoms with Crippen molar-refractivity contribution in [2.24, 2.45) is 0 Å². The summed E-state index contributed by atoms with van der Waals surface area (Å²) in [5, 5.41) is 5.62. The highest BCUT2D eigenvalue weighted by Gasteiger charge is 2.15. The molecule has 0 aliphatic carbocycles. The molecule has 0 aromatic heterocycles. The van der Waals surface area contributed by atoms with Gasteiger partial charge in [0.25, 0.3) is 5.91 Å². The van der Waals surface area contributed by atoms with Crippen LogP contribution in [0.2, 0.25) is 0 Å². The summed E-state index contributed by atoms with van der Waals surface area (Å²) in [4.78, 5) is 23.1. The molecule has 1 aromatic carbocycles. The lowest BCUT2D eigenvalue weighted by Crippen LogP contribution is -2.40. The fourth-order valence-electron chi connectivity index (χ4n) is 1.36. The van der Waals surface area contributed by atoms with Crippen molar-refractivity contribution in [2.45, 2.75) is 38.1 Å². The van der Waals surface area contributed by atoms with Crippen LogP contribution in [-0.4, -0.2) is 22.2 Å². The van der Waals surface area contributed by atoms with E-state index in [2.05, 4.69) is 26.6 Å². The highest BCUT2D eigenvalue weighted by Crippen LogP contribution is 2.12. The number of nitrogens with one attached hydrogen (secondary N) is 2. The second-order valence-corrected chi connectivity index (χ2v) is 6.76. The maximum absolute atomic E-state index is 11.9. The van der Waals surface area contributed by atoms with Gasteiger partial charge in [0.1, 0.15) is 0 Å². The predicted octanol–water partition coefficient (Wildman–Crippen LogP) is 2.94. The summed E-state index contributed by atoms with van der Waals surface area (Å²) >= 11 is 3.19. The third kappa shape index (κ3) is 5.42. The third-order valence-electron chi connectivity index (χ3n) is 2.26. The summed E-state index contributed by atoms with van der Waals surface area (Å²) < 4.78 is 0. The molecule has 1 rings (SSSR count). The normalized spacial score (nSPS) is 12.7. The van der Waals surface area contributed by atoms with Gasteiger partial charge in [-0.3, -0.25) is 9.59 Å². The quantitative estimate of drug-likeness (QED) is 0.839. The van der Waals surface area contributed by atoms with Gasteiger partial charge in [-0.05, 0) is 52.0 Å². The van der Waals surface area contributed by atoms with Crippen LogP contribution >= 0.6 is 15.9 Å². The Balaban J connectivity index is 2.71. The molecule has 5 heteroatoms. The van der Waals surface area contributed by atoms with Gasteiger partial charge in [0.2, 0.25) is 5.91 Å². The second-order valence-electron chi connectivity index (χ2n) is 5.39. The molecule has 4 nitrogen and oxygen atoms in total. The van der Waals surface area contributed by atoms with Crippen LogP contribution in [0.15, 0.2) is 24.3 Å². The number of amides is 2. The third-order valence-corrected chi connectivity index (χ3v) is 2.68. The lowest BCUT2D eigenvalue weighted by atomic mass is 10.1. The van der Waals surface area contributed by atoms with Crippen LogP contribution in [0.1, 0.15) is 38.1 Å². The first-order valence-corrected chi connectivity index (χ1v) is 6.98. The first-order valence-electron chi connectivity index (χ1n) is 6.06.